The van der Waals surface area contributed by atoms with E-state index in [9.17, 15) is 5.26 Å². The first kappa shape index (κ1) is 21.0. The third-order valence-electron chi connectivity index (χ3n) is 7.22. The zero-order chi connectivity index (χ0) is 20.0. The van der Waals surface area contributed by atoms with Crippen molar-refractivity contribution in [1.29, 1.82) is 5.26 Å². The molecule has 4 heteroatoms. The van der Waals surface area contributed by atoms with Crippen molar-refractivity contribution in [2.24, 2.45) is 11.3 Å². The minimum absolute atomic E-state index is 0.447. The average Bonchev–Trinajstić information content (AvgIpc) is 2.67. The molecular formula is C24H37N3O. The van der Waals surface area contributed by atoms with Crippen LogP contribution < -0.4 is 11.1 Å². The number of nitrogens with one attached hydrogen (secondary N) is 1. The number of benzene rings is 1. The average molecular weight is 384 g/mol. The number of anilines is 2. The first-order chi connectivity index (χ1) is 13.5. The van der Waals surface area contributed by atoms with Gasteiger partial charge in [-0.05, 0) is 87.8 Å². The Balaban J connectivity index is 1.60. The summed E-state index contributed by atoms with van der Waals surface area (Å²) >= 11 is 0. The minimum atomic E-state index is 0.447. The van der Waals surface area contributed by atoms with Crippen LogP contribution in [0.25, 0.3) is 0 Å². The molecule has 2 saturated carbocycles. The van der Waals surface area contributed by atoms with Gasteiger partial charge in [-0.1, -0.05) is 19.8 Å². The van der Waals surface area contributed by atoms with Gasteiger partial charge in [0.1, 0.15) is 0 Å². The largest absolute Gasteiger partial charge is 0.397 e. The van der Waals surface area contributed by atoms with Crippen LogP contribution in [0.15, 0.2) is 18.2 Å². The summed E-state index contributed by atoms with van der Waals surface area (Å²) in [6.07, 6.45) is 13.1. The van der Waals surface area contributed by atoms with Gasteiger partial charge in [0.05, 0.1) is 29.1 Å². The summed E-state index contributed by atoms with van der Waals surface area (Å²) in [7, 11) is 0. The quantitative estimate of drug-likeness (QED) is 0.623. The van der Waals surface area contributed by atoms with Gasteiger partial charge in [-0.15, -0.1) is 0 Å². The molecule has 2 aliphatic rings. The number of nitrogen functional groups attached to an aromatic ring is 1. The van der Waals surface area contributed by atoms with Crippen LogP contribution in [0.2, 0.25) is 0 Å². The lowest BCUT2D eigenvalue weighted by Gasteiger charge is -2.44. The highest BCUT2D eigenvalue weighted by Gasteiger charge is 2.38. The molecule has 0 bridgehead atoms. The van der Waals surface area contributed by atoms with Gasteiger partial charge in [-0.2, -0.15) is 5.26 Å². The lowest BCUT2D eigenvalue weighted by atomic mass is 9.63. The highest BCUT2D eigenvalue weighted by Crippen LogP contribution is 2.47. The smallest absolute Gasteiger partial charge is 0.0992 e. The van der Waals surface area contributed by atoms with Crippen molar-refractivity contribution in [1.82, 2.24) is 0 Å². The second kappa shape index (κ2) is 9.65. The van der Waals surface area contributed by atoms with Crippen molar-refractivity contribution < 1.29 is 4.74 Å². The lowest BCUT2D eigenvalue weighted by Crippen LogP contribution is -2.36. The van der Waals surface area contributed by atoms with E-state index < -0.39 is 0 Å². The van der Waals surface area contributed by atoms with Crippen LogP contribution in [0.5, 0.6) is 0 Å². The van der Waals surface area contributed by atoms with Crippen molar-refractivity contribution in [2.45, 2.75) is 90.2 Å². The maximum atomic E-state index is 9.17. The van der Waals surface area contributed by atoms with Crippen molar-refractivity contribution in [2.75, 3.05) is 17.7 Å². The first-order valence-corrected chi connectivity index (χ1v) is 11.2. The Labute approximate surface area is 170 Å². The molecule has 0 aromatic heterocycles. The Morgan fingerprint density at radius 1 is 1.14 bits per heavy atom. The topological polar surface area (TPSA) is 71.1 Å². The van der Waals surface area contributed by atoms with Gasteiger partial charge in [0.15, 0.2) is 0 Å². The van der Waals surface area contributed by atoms with E-state index in [4.69, 9.17) is 10.5 Å². The van der Waals surface area contributed by atoms with E-state index in [1.165, 1.54) is 64.2 Å². The van der Waals surface area contributed by atoms with E-state index >= 15 is 0 Å². The predicted octanol–water partition coefficient (Wildman–Crippen LogP) is 5.88. The Morgan fingerprint density at radius 3 is 2.61 bits per heavy atom. The Hall–Kier alpha value is -1.73. The fourth-order valence-corrected chi connectivity index (χ4v) is 5.35. The van der Waals surface area contributed by atoms with E-state index in [-0.39, 0.29) is 0 Å². The predicted molar refractivity (Wildman–Crippen MR) is 116 cm³/mol. The molecule has 154 valence electrons. The summed E-state index contributed by atoms with van der Waals surface area (Å²) in [5.41, 5.74) is 8.94. The molecule has 0 amide bonds. The molecule has 2 atom stereocenters. The number of nitrogens with two attached hydrogens (primary N) is 1. The van der Waals surface area contributed by atoms with Crippen molar-refractivity contribution in [3.8, 4) is 6.07 Å². The fourth-order valence-electron chi connectivity index (χ4n) is 5.35. The van der Waals surface area contributed by atoms with Crippen molar-refractivity contribution in [3.05, 3.63) is 23.8 Å². The monoisotopic (exact) mass is 383 g/mol. The van der Waals surface area contributed by atoms with Gasteiger partial charge in [-0.3, -0.25) is 0 Å². The molecule has 0 heterocycles. The maximum Gasteiger partial charge on any atom is 0.0992 e. The number of nitriles is 1. The molecule has 0 aliphatic heterocycles. The van der Waals surface area contributed by atoms with Crippen LogP contribution in [0, 0.1) is 22.7 Å². The van der Waals surface area contributed by atoms with Gasteiger partial charge < -0.3 is 15.8 Å². The second-order valence-electron chi connectivity index (χ2n) is 9.12. The van der Waals surface area contributed by atoms with Gasteiger partial charge in [0.25, 0.3) is 0 Å². The van der Waals surface area contributed by atoms with Gasteiger partial charge >= 0.3 is 0 Å². The lowest BCUT2D eigenvalue weighted by molar-refractivity contribution is -0.0151. The molecule has 0 saturated heterocycles. The molecule has 3 N–H and O–H groups in total. The van der Waals surface area contributed by atoms with E-state index in [1.807, 2.05) is 12.1 Å². The molecule has 2 fully saturated rings. The van der Waals surface area contributed by atoms with Crippen LogP contribution in [0.1, 0.15) is 83.6 Å². The Morgan fingerprint density at radius 2 is 1.89 bits per heavy atom. The molecule has 2 aliphatic carbocycles. The summed E-state index contributed by atoms with van der Waals surface area (Å²) in [5, 5.41) is 12.8. The third kappa shape index (κ3) is 5.20. The van der Waals surface area contributed by atoms with E-state index in [0.29, 0.717) is 23.1 Å². The van der Waals surface area contributed by atoms with Crippen LogP contribution >= 0.6 is 0 Å². The van der Waals surface area contributed by atoms with Gasteiger partial charge in [0.2, 0.25) is 0 Å². The summed E-state index contributed by atoms with van der Waals surface area (Å²) in [5.74, 6) is 0.808. The Kier molecular flexibility index (Phi) is 7.24. The number of rotatable bonds is 5. The standard InChI is InChI=1S/C24H37N3O/c1-3-28-21-12-14-24(2,15-13-21)19-6-4-5-7-20(10-9-19)27-23-16-18(17-25)8-11-22(23)26/h8,11,16,19-21,27H,3-7,9-10,12-15,26H2,1-2H3. The normalized spacial score (nSPS) is 31.4. The van der Waals surface area contributed by atoms with Crippen molar-refractivity contribution in [3.63, 3.8) is 0 Å². The van der Waals surface area contributed by atoms with Gasteiger partial charge in [-0.25, -0.2) is 0 Å². The minimum Gasteiger partial charge on any atom is -0.397 e. The van der Waals surface area contributed by atoms with Crippen LogP contribution in [-0.2, 0) is 4.74 Å². The summed E-state index contributed by atoms with van der Waals surface area (Å²) in [6, 6.07) is 8.18. The molecule has 1 aromatic rings. The Bertz CT molecular complexity index is 673. The zero-order valence-electron chi connectivity index (χ0n) is 17.7. The summed E-state index contributed by atoms with van der Waals surface area (Å²) in [6.45, 7) is 5.47. The maximum absolute atomic E-state index is 9.17. The van der Waals surface area contributed by atoms with E-state index in [1.54, 1.807) is 6.07 Å². The number of hydrogen-bond acceptors (Lipinski definition) is 4. The zero-order valence-corrected chi connectivity index (χ0v) is 17.7. The number of hydrogen-bond donors (Lipinski definition) is 2. The highest BCUT2D eigenvalue weighted by molar-refractivity contribution is 5.68. The third-order valence-corrected chi connectivity index (χ3v) is 7.22. The van der Waals surface area contributed by atoms with E-state index in [2.05, 4.69) is 25.2 Å². The van der Waals surface area contributed by atoms with E-state index in [0.717, 1.165) is 23.9 Å². The molecule has 28 heavy (non-hydrogen) atoms. The van der Waals surface area contributed by atoms with Gasteiger partial charge in [0, 0.05) is 12.6 Å². The molecule has 0 spiro atoms. The second-order valence-corrected chi connectivity index (χ2v) is 9.12. The molecule has 2 unspecified atom stereocenters. The highest BCUT2D eigenvalue weighted by atomic mass is 16.5. The summed E-state index contributed by atoms with van der Waals surface area (Å²) < 4.78 is 5.88. The molecule has 4 nitrogen and oxygen atoms in total. The SMILES string of the molecule is CCOC1CCC(C)(C2CCCCC(Nc3cc(C#N)ccc3N)CC2)CC1. The molecule has 3 rings (SSSR count). The van der Waals surface area contributed by atoms with Crippen LogP contribution in [0.3, 0.4) is 0 Å². The number of ether oxygens (including phenoxy) is 1. The number of nitrogens with zero attached hydrogens (tertiary/aromatic N) is 1. The summed E-state index contributed by atoms with van der Waals surface area (Å²) in [4.78, 5) is 0. The van der Waals surface area contributed by atoms with Crippen LogP contribution in [0.4, 0.5) is 11.4 Å². The molecule has 0 radical (unpaired) electrons. The fraction of sp³-hybridized carbons (Fsp3) is 0.708. The first-order valence-electron chi connectivity index (χ1n) is 11.2. The molecular weight excluding hydrogens is 346 g/mol. The molecule has 1 aromatic carbocycles. The van der Waals surface area contributed by atoms with Crippen molar-refractivity contribution >= 4 is 11.4 Å². The van der Waals surface area contributed by atoms with Crippen LogP contribution in [-0.4, -0.2) is 18.8 Å².